The Morgan fingerprint density at radius 1 is 1.06 bits per heavy atom. The summed E-state index contributed by atoms with van der Waals surface area (Å²) in [6.45, 7) is 4.42. The van der Waals surface area contributed by atoms with Crippen LogP contribution in [-0.2, 0) is 11.3 Å². The molecular weight excluding hydrogens is 443 g/mol. The van der Waals surface area contributed by atoms with Gasteiger partial charge in [-0.1, -0.05) is 42.5 Å². The molecule has 34 heavy (non-hydrogen) atoms. The molecule has 0 aliphatic carbocycles. The number of benzene rings is 3. The van der Waals surface area contributed by atoms with E-state index >= 15 is 0 Å². The van der Waals surface area contributed by atoms with Crippen LogP contribution in [0.15, 0.2) is 78.2 Å². The number of piperidine rings is 1. The summed E-state index contributed by atoms with van der Waals surface area (Å²) in [5, 5.41) is 7.68. The van der Waals surface area contributed by atoms with Crippen LogP contribution in [0.5, 0.6) is 0 Å². The van der Waals surface area contributed by atoms with Crippen LogP contribution >= 0.6 is 11.3 Å². The van der Waals surface area contributed by atoms with Crippen LogP contribution in [0.25, 0.3) is 21.2 Å². The lowest BCUT2D eigenvalue weighted by Crippen LogP contribution is -2.41. The van der Waals surface area contributed by atoms with Gasteiger partial charge in [0.15, 0.2) is 0 Å². The predicted octanol–water partition coefficient (Wildman–Crippen LogP) is 6.80. The van der Waals surface area contributed by atoms with Crippen molar-refractivity contribution in [1.82, 2.24) is 10.2 Å². The lowest BCUT2D eigenvalue weighted by molar-refractivity contribution is -0.126. The number of likely N-dealkylation sites (tertiary alicyclic amines) is 1. The second-order valence-corrected chi connectivity index (χ2v) is 10.0. The molecule has 1 fully saturated rings. The van der Waals surface area contributed by atoms with Gasteiger partial charge in [-0.3, -0.25) is 9.69 Å². The van der Waals surface area contributed by atoms with Crippen molar-refractivity contribution in [3.63, 3.8) is 0 Å². The molecule has 3 aromatic carbocycles. The van der Waals surface area contributed by atoms with E-state index in [0.29, 0.717) is 6.54 Å². The molecule has 0 radical (unpaired) electrons. The van der Waals surface area contributed by atoms with E-state index < -0.39 is 0 Å². The number of nitrogens with one attached hydrogen (secondary N) is 1. The first-order valence-corrected chi connectivity index (χ1v) is 12.8. The van der Waals surface area contributed by atoms with Crippen LogP contribution in [0.3, 0.4) is 0 Å². The monoisotopic (exact) mass is 472 g/mol. The maximum Gasteiger partial charge on any atom is 0.223 e. The summed E-state index contributed by atoms with van der Waals surface area (Å²) in [4.78, 5) is 16.5. The minimum absolute atomic E-state index is 0.00575. The van der Waals surface area contributed by atoms with E-state index in [9.17, 15) is 9.18 Å². The van der Waals surface area contributed by atoms with Crippen molar-refractivity contribution < 1.29 is 9.18 Å². The summed E-state index contributed by atoms with van der Waals surface area (Å²) in [6.07, 6.45) is 1.67. The Hall–Kier alpha value is -3.02. The second kappa shape index (κ2) is 10.1. The lowest BCUT2D eigenvalue weighted by atomic mass is 9.91. The van der Waals surface area contributed by atoms with Gasteiger partial charge in [0.1, 0.15) is 5.82 Å². The molecule has 1 unspecified atom stereocenters. The molecule has 0 saturated carbocycles. The highest BCUT2D eigenvalue weighted by Gasteiger charge is 2.28. The molecule has 1 aliphatic rings. The number of carbonyl (C=O) groups is 1. The maximum atomic E-state index is 13.4. The summed E-state index contributed by atoms with van der Waals surface area (Å²) in [7, 11) is 0. The SMILES string of the molecule is CC(c1cc(-c2cccs2)cc2ccccc12)N1CCC(C(=O)NCc2cccc(F)c2)CC1. The number of hydrogen-bond acceptors (Lipinski definition) is 3. The number of hydrogen-bond donors (Lipinski definition) is 1. The molecule has 1 atom stereocenters. The Morgan fingerprint density at radius 2 is 1.88 bits per heavy atom. The van der Waals surface area contributed by atoms with Crippen LogP contribution in [0.4, 0.5) is 4.39 Å². The van der Waals surface area contributed by atoms with Gasteiger partial charge in [0, 0.05) is 23.4 Å². The lowest BCUT2D eigenvalue weighted by Gasteiger charge is -2.36. The van der Waals surface area contributed by atoms with Gasteiger partial charge in [-0.15, -0.1) is 11.3 Å². The van der Waals surface area contributed by atoms with E-state index in [-0.39, 0.29) is 23.7 Å². The Morgan fingerprint density at radius 3 is 2.65 bits per heavy atom. The summed E-state index contributed by atoms with van der Waals surface area (Å²) in [5.74, 6) is -0.197. The summed E-state index contributed by atoms with van der Waals surface area (Å²) >= 11 is 1.77. The summed E-state index contributed by atoms with van der Waals surface area (Å²) in [5.41, 5.74) is 3.40. The Labute approximate surface area is 204 Å². The van der Waals surface area contributed by atoms with Crippen molar-refractivity contribution in [2.75, 3.05) is 13.1 Å². The minimum atomic E-state index is -0.273. The van der Waals surface area contributed by atoms with Gasteiger partial charge in [0.25, 0.3) is 0 Å². The zero-order valence-electron chi connectivity index (χ0n) is 19.3. The van der Waals surface area contributed by atoms with Crippen LogP contribution in [0, 0.1) is 11.7 Å². The van der Waals surface area contributed by atoms with E-state index in [2.05, 4.69) is 71.1 Å². The van der Waals surface area contributed by atoms with Crippen LogP contribution < -0.4 is 5.32 Å². The third kappa shape index (κ3) is 4.91. The van der Waals surface area contributed by atoms with E-state index in [1.807, 2.05) is 6.07 Å². The zero-order chi connectivity index (χ0) is 23.5. The average Bonchev–Trinajstić information content (AvgIpc) is 3.41. The normalized spacial score (nSPS) is 15.9. The molecule has 1 N–H and O–H groups in total. The van der Waals surface area contributed by atoms with Gasteiger partial charge in [-0.25, -0.2) is 4.39 Å². The first-order chi connectivity index (χ1) is 16.6. The topological polar surface area (TPSA) is 32.3 Å². The highest BCUT2D eigenvalue weighted by molar-refractivity contribution is 7.13. The first-order valence-electron chi connectivity index (χ1n) is 11.9. The van der Waals surface area contributed by atoms with Gasteiger partial charge < -0.3 is 5.32 Å². The summed E-state index contributed by atoms with van der Waals surface area (Å²) < 4.78 is 13.4. The van der Waals surface area contributed by atoms with Gasteiger partial charge >= 0.3 is 0 Å². The molecule has 0 spiro atoms. The fraction of sp³-hybridized carbons (Fsp3) is 0.276. The fourth-order valence-electron chi connectivity index (χ4n) is 5.00. The second-order valence-electron chi connectivity index (χ2n) is 9.10. The third-order valence-electron chi connectivity index (χ3n) is 6.95. The van der Waals surface area contributed by atoms with Gasteiger partial charge in [0.2, 0.25) is 5.91 Å². The average molecular weight is 473 g/mol. The molecular formula is C29H29FN2OS. The predicted molar refractivity (Wildman–Crippen MR) is 138 cm³/mol. The molecule has 1 aromatic heterocycles. The largest absolute Gasteiger partial charge is 0.352 e. The standard InChI is InChI=1S/C29H29FN2OS/c1-20(27-18-24(28-10-5-15-34-28)17-23-7-2-3-9-26(23)27)32-13-11-22(12-14-32)29(33)31-19-21-6-4-8-25(30)16-21/h2-10,15-18,20,22H,11-14,19H2,1H3,(H,31,33). The molecule has 5 rings (SSSR count). The number of rotatable bonds is 6. The van der Waals surface area contributed by atoms with E-state index in [1.54, 1.807) is 17.4 Å². The number of amides is 1. The van der Waals surface area contributed by atoms with Crippen molar-refractivity contribution in [3.05, 3.63) is 95.1 Å². The van der Waals surface area contributed by atoms with E-state index in [1.165, 1.54) is 38.9 Å². The number of nitrogens with zero attached hydrogens (tertiary/aromatic N) is 1. The smallest absolute Gasteiger partial charge is 0.223 e. The van der Waals surface area contributed by atoms with E-state index in [4.69, 9.17) is 0 Å². The van der Waals surface area contributed by atoms with E-state index in [0.717, 1.165) is 31.5 Å². The molecule has 4 aromatic rings. The number of fused-ring (bicyclic) bond motifs is 1. The summed E-state index contributed by atoms with van der Waals surface area (Å²) in [6, 6.07) is 24.2. The zero-order valence-corrected chi connectivity index (χ0v) is 20.2. The Bertz CT molecular complexity index is 1280. The molecule has 1 amide bonds. The van der Waals surface area contributed by atoms with Gasteiger partial charge in [-0.2, -0.15) is 0 Å². The van der Waals surface area contributed by atoms with Crippen molar-refractivity contribution >= 4 is 28.0 Å². The molecule has 2 heterocycles. The minimum Gasteiger partial charge on any atom is -0.352 e. The van der Waals surface area contributed by atoms with Crippen molar-refractivity contribution in [2.24, 2.45) is 5.92 Å². The van der Waals surface area contributed by atoms with Crippen molar-refractivity contribution in [1.29, 1.82) is 0 Å². The molecule has 1 aliphatic heterocycles. The molecule has 3 nitrogen and oxygen atoms in total. The quantitative estimate of drug-likeness (QED) is 0.335. The van der Waals surface area contributed by atoms with Crippen LogP contribution in [-0.4, -0.2) is 23.9 Å². The number of halogens is 1. The maximum absolute atomic E-state index is 13.4. The van der Waals surface area contributed by atoms with Crippen LogP contribution in [0.2, 0.25) is 0 Å². The van der Waals surface area contributed by atoms with Crippen molar-refractivity contribution in [3.8, 4) is 10.4 Å². The fourth-order valence-corrected chi connectivity index (χ4v) is 5.71. The van der Waals surface area contributed by atoms with Gasteiger partial charge in [-0.05, 0) is 96.0 Å². The molecule has 0 bridgehead atoms. The van der Waals surface area contributed by atoms with Crippen molar-refractivity contribution in [2.45, 2.75) is 32.4 Å². The molecule has 174 valence electrons. The Kier molecular flexibility index (Phi) is 6.75. The molecule has 1 saturated heterocycles. The van der Waals surface area contributed by atoms with Gasteiger partial charge in [0.05, 0.1) is 0 Å². The highest BCUT2D eigenvalue weighted by Crippen LogP contribution is 2.36. The number of carbonyl (C=O) groups excluding carboxylic acids is 1. The third-order valence-corrected chi connectivity index (χ3v) is 7.87. The highest BCUT2D eigenvalue weighted by atomic mass is 32.1. The number of thiophene rings is 1. The van der Waals surface area contributed by atoms with Crippen LogP contribution in [0.1, 0.15) is 36.9 Å². The molecule has 5 heteroatoms. The Balaban J connectivity index is 1.27. The first kappa shape index (κ1) is 22.8.